The lowest BCUT2D eigenvalue weighted by molar-refractivity contribution is -0.136. The van der Waals surface area contributed by atoms with Gasteiger partial charge >= 0.3 is 11.8 Å². The second-order valence-electron chi connectivity index (χ2n) is 6.60. The van der Waals surface area contributed by atoms with Crippen molar-refractivity contribution >= 4 is 35.1 Å². The van der Waals surface area contributed by atoms with Crippen LogP contribution in [0.25, 0.3) is 0 Å². The van der Waals surface area contributed by atoms with E-state index in [4.69, 9.17) is 11.6 Å². The number of nitrogens with one attached hydrogen (secondary N) is 2. The first-order valence-corrected chi connectivity index (χ1v) is 9.28. The van der Waals surface area contributed by atoms with Gasteiger partial charge in [0, 0.05) is 42.7 Å². The molecule has 1 saturated heterocycles. The molecule has 0 bridgehead atoms. The number of benzene rings is 1. The summed E-state index contributed by atoms with van der Waals surface area (Å²) in [6.07, 6.45) is 5.28. The SMILES string of the molecule is Cc1ccc(Cl)cc1NC(=O)C(=O)NCC1CCN(c2ncccn2)CC1. The van der Waals surface area contributed by atoms with Crippen LogP contribution in [0.5, 0.6) is 0 Å². The Morgan fingerprint density at radius 2 is 1.89 bits per heavy atom. The zero-order valence-electron chi connectivity index (χ0n) is 15.1. The Morgan fingerprint density at radius 1 is 1.19 bits per heavy atom. The highest BCUT2D eigenvalue weighted by Crippen LogP contribution is 2.21. The Morgan fingerprint density at radius 3 is 2.59 bits per heavy atom. The predicted octanol–water partition coefficient (Wildman–Crippen LogP) is 2.41. The van der Waals surface area contributed by atoms with Gasteiger partial charge in [-0.15, -0.1) is 0 Å². The molecule has 1 aromatic heterocycles. The Kier molecular flexibility index (Phi) is 6.24. The molecular weight excluding hydrogens is 366 g/mol. The molecule has 3 rings (SSSR count). The number of hydrogen-bond acceptors (Lipinski definition) is 5. The maximum absolute atomic E-state index is 12.1. The lowest BCUT2D eigenvalue weighted by Crippen LogP contribution is -2.42. The number of aryl methyl sites for hydroxylation is 1. The summed E-state index contributed by atoms with van der Waals surface area (Å²) in [5, 5.41) is 5.84. The van der Waals surface area contributed by atoms with E-state index >= 15 is 0 Å². The second kappa shape index (κ2) is 8.81. The summed E-state index contributed by atoms with van der Waals surface area (Å²) in [7, 11) is 0. The first kappa shape index (κ1) is 19.1. The molecule has 2 N–H and O–H groups in total. The van der Waals surface area contributed by atoms with Gasteiger partial charge in [0.05, 0.1) is 0 Å². The van der Waals surface area contributed by atoms with Crippen LogP contribution < -0.4 is 15.5 Å². The lowest BCUT2D eigenvalue weighted by atomic mass is 9.97. The molecule has 1 aliphatic rings. The number of carbonyl (C=O) groups is 2. The molecule has 2 aromatic rings. The van der Waals surface area contributed by atoms with Crippen molar-refractivity contribution in [2.45, 2.75) is 19.8 Å². The number of piperidine rings is 1. The minimum Gasteiger partial charge on any atom is -0.348 e. The van der Waals surface area contributed by atoms with Crippen molar-refractivity contribution in [3.05, 3.63) is 47.2 Å². The number of anilines is 2. The zero-order valence-corrected chi connectivity index (χ0v) is 15.9. The van der Waals surface area contributed by atoms with E-state index in [1.54, 1.807) is 36.7 Å². The Bertz CT molecular complexity index is 807. The lowest BCUT2D eigenvalue weighted by Gasteiger charge is -2.31. The van der Waals surface area contributed by atoms with E-state index in [1.165, 1.54) is 0 Å². The number of aromatic nitrogens is 2. The van der Waals surface area contributed by atoms with Crippen LogP contribution in [-0.2, 0) is 9.59 Å². The van der Waals surface area contributed by atoms with Gasteiger partial charge in [-0.2, -0.15) is 0 Å². The van der Waals surface area contributed by atoms with E-state index in [0.717, 1.165) is 37.4 Å². The smallest absolute Gasteiger partial charge is 0.313 e. The molecule has 0 atom stereocenters. The Labute approximate surface area is 163 Å². The molecule has 0 aliphatic carbocycles. The fourth-order valence-electron chi connectivity index (χ4n) is 3.02. The molecule has 1 fully saturated rings. The number of halogens is 1. The van der Waals surface area contributed by atoms with Crippen molar-refractivity contribution in [2.75, 3.05) is 29.9 Å². The molecule has 7 nitrogen and oxygen atoms in total. The fraction of sp³-hybridized carbons (Fsp3) is 0.368. The van der Waals surface area contributed by atoms with Gasteiger partial charge in [-0.3, -0.25) is 9.59 Å². The van der Waals surface area contributed by atoms with Gasteiger partial charge in [0.15, 0.2) is 0 Å². The van der Waals surface area contributed by atoms with Crippen molar-refractivity contribution < 1.29 is 9.59 Å². The molecule has 8 heteroatoms. The van der Waals surface area contributed by atoms with Gasteiger partial charge in [0.1, 0.15) is 0 Å². The third kappa shape index (κ3) is 5.17. The fourth-order valence-corrected chi connectivity index (χ4v) is 3.19. The number of amides is 2. The minimum absolute atomic E-state index is 0.328. The van der Waals surface area contributed by atoms with Gasteiger partial charge in [0.2, 0.25) is 5.95 Å². The van der Waals surface area contributed by atoms with E-state index in [1.807, 2.05) is 6.92 Å². The molecule has 1 aliphatic heterocycles. The van der Waals surface area contributed by atoms with Gasteiger partial charge in [-0.25, -0.2) is 9.97 Å². The Balaban J connectivity index is 1.44. The summed E-state index contributed by atoms with van der Waals surface area (Å²) in [5.74, 6) is -0.260. The summed E-state index contributed by atoms with van der Waals surface area (Å²) < 4.78 is 0. The van der Waals surface area contributed by atoms with Crippen molar-refractivity contribution in [2.24, 2.45) is 5.92 Å². The van der Waals surface area contributed by atoms with Gasteiger partial charge in [-0.1, -0.05) is 17.7 Å². The molecule has 142 valence electrons. The highest BCUT2D eigenvalue weighted by molar-refractivity contribution is 6.40. The standard InChI is InChI=1S/C19H22ClN5O2/c1-13-3-4-15(20)11-16(13)24-18(27)17(26)23-12-14-5-9-25(10-6-14)19-21-7-2-8-22-19/h2-4,7-8,11,14H,5-6,9-10,12H2,1H3,(H,23,26)(H,24,27). The van der Waals surface area contributed by atoms with Gasteiger partial charge < -0.3 is 15.5 Å². The molecule has 0 saturated carbocycles. The number of rotatable bonds is 4. The van der Waals surface area contributed by atoms with Crippen molar-refractivity contribution in [1.82, 2.24) is 15.3 Å². The van der Waals surface area contributed by atoms with Crippen LogP contribution in [-0.4, -0.2) is 41.4 Å². The van der Waals surface area contributed by atoms with E-state index < -0.39 is 11.8 Å². The van der Waals surface area contributed by atoms with E-state index in [-0.39, 0.29) is 0 Å². The Hall–Kier alpha value is -2.67. The summed E-state index contributed by atoms with van der Waals surface area (Å²) in [4.78, 5) is 34.8. The molecule has 2 amide bonds. The molecular formula is C19H22ClN5O2. The minimum atomic E-state index is -0.685. The molecule has 0 spiro atoms. The summed E-state index contributed by atoms with van der Waals surface area (Å²) in [6.45, 7) is 3.98. The highest BCUT2D eigenvalue weighted by atomic mass is 35.5. The average molecular weight is 388 g/mol. The predicted molar refractivity (Wildman–Crippen MR) is 105 cm³/mol. The third-order valence-electron chi connectivity index (χ3n) is 4.65. The third-order valence-corrected chi connectivity index (χ3v) is 4.89. The number of hydrogen-bond donors (Lipinski definition) is 2. The summed E-state index contributed by atoms with van der Waals surface area (Å²) in [5.41, 5.74) is 1.38. The van der Waals surface area contributed by atoms with Crippen LogP contribution in [0.1, 0.15) is 18.4 Å². The van der Waals surface area contributed by atoms with Crippen LogP contribution >= 0.6 is 11.6 Å². The molecule has 0 radical (unpaired) electrons. The maximum Gasteiger partial charge on any atom is 0.313 e. The highest BCUT2D eigenvalue weighted by Gasteiger charge is 2.22. The quantitative estimate of drug-likeness (QED) is 0.786. The summed E-state index contributed by atoms with van der Waals surface area (Å²) >= 11 is 5.93. The van der Waals surface area contributed by atoms with Gasteiger partial charge in [-0.05, 0) is 49.4 Å². The van der Waals surface area contributed by atoms with E-state index in [2.05, 4.69) is 25.5 Å². The largest absolute Gasteiger partial charge is 0.348 e. The number of nitrogens with zero attached hydrogens (tertiary/aromatic N) is 3. The second-order valence-corrected chi connectivity index (χ2v) is 7.04. The average Bonchev–Trinajstić information content (AvgIpc) is 2.70. The van der Waals surface area contributed by atoms with Crippen LogP contribution in [0, 0.1) is 12.8 Å². The molecule has 0 unspecified atom stereocenters. The van der Waals surface area contributed by atoms with Crippen LogP contribution in [0.2, 0.25) is 5.02 Å². The topological polar surface area (TPSA) is 87.2 Å². The van der Waals surface area contributed by atoms with Crippen molar-refractivity contribution in [1.29, 1.82) is 0 Å². The summed E-state index contributed by atoms with van der Waals surface area (Å²) in [6, 6.07) is 6.95. The maximum atomic E-state index is 12.1. The van der Waals surface area contributed by atoms with Crippen LogP contribution in [0.3, 0.4) is 0 Å². The van der Waals surface area contributed by atoms with Crippen molar-refractivity contribution in [3.63, 3.8) is 0 Å². The zero-order chi connectivity index (χ0) is 19.2. The monoisotopic (exact) mass is 387 g/mol. The van der Waals surface area contributed by atoms with Crippen molar-refractivity contribution in [3.8, 4) is 0 Å². The van der Waals surface area contributed by atoms with E-state index in [9.17, 15) is 9.59 Å². The molecule has 27 heavy (non-hydrogen) atoms. The first-order chi connectivity index (χ1) is 13.0. The number of carbonyl (C=O) groups excluding carboxylic acids is 2. The normalized spacial score (nSPS) is 14.7. The van der Waals surface area contributed by atoms with Crippen LogP contribution in [0.15, 0.2) is 36.7 Å². The molecule has 2 heterocycles. The molecule has 1 aromatic carbocycles. The van der Waals surface area contributed by atoms with Gasteiger partial charge in [0.25, 0.3) is 0 Å². The first-order valence-electron chi connectivity index (χ1n) is 8.90. The van der Waals surface area contributed by atoms with Crippen LogP contribution in [0.4, 0.5) is 11.6 Å². The van der Waals surface area contributed by atoms with E-state index in [0.29, 0.717) is 23.2 Å².